The van der Waals surface area contributed by atoms with Crippen LogP contribution in [0.4, 0.5) is 4.79 Å². The molecule has 0 radical (unpaired) electrons. The van der Waals surface area contributed by atoms with E-state index in [9.17, 15) is 19.5 Å². The number of alkyl carbamates (subject to hydrolysis) is 1. The first kappa shape index (κ1) is 26.3. The second-order valence-corrected chi connectivity index (χ2v) is 13.2. The number of carboxylic acid groups (broad SMARTS) is 1. The van der Waals surface area contributed by atoms with E-state index in [1.165, 1.54) is 11.8 Å². The molecule has 0 saturated heterocycles. The quantitative estimate of drug-likeness (QED) is 0.394. The molecule has 2 aliphatic rings. The summed E-state index contributed by atoms with van der Waals surface area (Å²) >= 11 is 1.61. The lowest BCUT2D eigenvalue weighted by atomic mass is 9.75. The Kier molecular flexibility index (Phi) is 6.33. The fourth-order valence-corrected chi connectivity index (χ4v) is 6.68. The summed E-state index contributed by atoms with van der Waals surface area (Å²) in [6, 6.07) is 5.65. The number of pyridine rings is 1. The summed E-state index contributed by atoms with van der Waals surface area (Å²) in [5, 5.41) is 13.0. The lowest BCUT2D eigenvalue weighted by Gasteiger charge is -2.35. The van der Waals surface area contributed by atoms with E-state index in [1.807, 2.05) is 31.4 Å². The van der Waals surface area contributed by atoms with E-state index < -0.39 is 23.1 Å². The molecule has 1 fully saturated rings. The van der Waals surface area contributed by atoms with Crippen molar-refractivity contribution >= 4 is 34.3 Å². The molecule has 1 saturated carbocycles. The molecule has 0 aliphatic heterocycles. The maximum atomic E-state index is 13.1. The van der Waals surface area contributed by atoms with E-state index in [2.05, 4.69) is 25.2 Å². The van der Waals surface area contributed by atoms with Gasteiger partial charge in [-0.15, -0.1) is 11.3 Å². The van der Waals surface area contributed by atoms with Crippen LogP contribution in [0, 0.1) is 5.41 Å². The number of nitrogens with one attached hydrogen (secondary N) is 1. The number of carboxylic acids is 1. The molecular weight excluding hydrogens is 504 g/mol. The van der Waals surface area contributed by atoms with Crippen molar-refractivity contribution in [3.05, 3.63) is 50.6 Å². The lowest BCUT2D eigenvalue weighted by Crippen LogP contribution is -2.38. The Bertz CT molecular complexity index is 1510. The monoisotopic (exact) mass is 538 g/mol. The van der Waals surface area contributed by atoms with Gasteiger partial charge < -0.3 is 24.5 Å². The minimum absolute atomic E-state index is 0.0157. The van der Waals surface area contributed by atoms with Gasteiger partial charge in [-0.1, -0.05) is 13.8 Å². The van der Waals surface area contributed by atoms with E-state index >= 15 is 0 Å². The van der Waals surface area contributed by atoms with Gasteiger partial charge in [-0.05, 0) is 75.6 Å². The standard InChI is InChI=1S/C29H34N2O6S/c1-28(2,3)37-27(35)30-20-13-29(4,5)12-15-11-21(38-25(15)20)17-9-10-18-22(24(17)36-6)31(16-7-8-16)14-19(23(18)32)26(33)34/h9-11,14,16,20H,7-8,12-13H2,1-6H3,(H,30,35)(H,33,34). The summed E-state index contributed by atoms with van der Waals surface area (Å²) in [7, 11) is 1.58. The molecule has 9 heteroatoms. The summed E-state index contributed by atoms with van der Waals surface area (Å²) in [6.07, 6.45) is 4.52. The van der Waals surface area contributed by atoms with E-state index in [4.69, 9.17) is 9.47 Å². The maximum absolute atomic E-state index is 13.1. The number of rotatable bonds is 5. The first-order valence-electron chi connectivity index (χ1n) is 12.9. The predicted octanol–water partition coefficient (Wildman–Crippen LogP) is 6.31. The fraction of sp³-hybridized carbons (Fsp3) is 0.483. The molecule has 2 aromatic heterocycles. The van der Waals surface area contributed by atoms with E-state index in [1.54, 1.807) is 24.5 Å². The number of methoxy groups -OCH3 is 1. The minimum atomic E-state index is -1.23. The summed E-state index contributed by atoms with van der Waals surface area (Å²) in [4.78, 5) is 39.6. The highest BCUT2D eigenvalue weighted by molar-refractivity contribution is 7.15. The van der Waals surface area contributed by atoms with Crippen LogP contribution >= 0.6 is 11.3 Å². The van der Waals surface area contributed by atoms with Crippen LogP contribution in [0.2, 0.25) is 0 Å². The SMILES string of the molecule is COc1c(-c2cc3c(s2)C(NC(=O)OC(C)(C)C)CC(C)(C)C3)ccc2c(=O)c(C(=O)O)cn(C3CC3)c12. The van der Waals surface area contributed by atoms with Crippen molar-refractivity contribution in [2.45, 2.75) is 78.0 Å². The molecular formula is C29H34N2O6S. The van der Waals surface area contributed by atoms with Crippen molar-refractivity contribution in [3.8, 4) is 16.2 Å². The molecule has 5 rings (SSSR count). The highest BCUT2D eigenvalue weighted by atomic mass is 32.1. The number of aromatic carboxylic acids is 1. The van der Waals surface area contributed by atoms with Crippen LogP contribution in [0.15, 0.2) is 29.2 Å². The minimum Gasteiger partial charge on any atom is -0.494 e. The highest BCUT2D eigenvalue weighted by Gasteiger charge is 2.36. The number of ether oxygens (including phenoxy) is 2. The number of amides is 1. The molecule has 1 amide bonds. The smallest absolute Gasteiger partial charge is 0.408 e. The number of nitrogens with zero attached hydrogens (tertiary/aromatic N) is 1. The van der Waals surface area contributed by atoms with Gasteiger partial charge in [0.2, 0.25) is 5.43 Å². The number of benzene rings is 1. The molecule has 1 atom stereocenters. The van der Waals surface area contributed by atoms with Crippen molar-refractivity contribution in [1.82, 2.24) is 9.88 Å². The van der Waals surface area contributed by atoms with E-state index in [0.29, 0.717) is 16.7 Å². The number of hydrogen-bond acceptors (Lipinski definition) is 6. The molecule has 202 valence electrons. The van der Waals surface area contributed by atoms with Crippen molar-refractivity contribution in [1.29, 1.82) is 0 Å². The van der Waals surface area contributed by atoms with Gasteiger partial charge in [0.1, 0.15) is 11.2 Å². The summed E-state index contributed by atoms with van der Waals surface area (Å²) in [5.74, 6) is -0.677. The zero-order chi connectivity index (χ0) is 27.6. The molecule has 1 unspecified atom stereocenters. The summed E-state index contributed by atoms with van der Waals surface area (Å²) < 4.78 is 13.4. The van der Waals surface area contributed by atoms with Gasteiger partial charge in [-0.25, -0.2) is 9.59 Å². The molecule has 2 N–H and O–H groups in total. The van der Waals surface area contributed by atoms with Gasteiger partial charge in [0.05, 0.1) is 24.1 Å². The van der Waals surface area contributed by atoms with Crippen LogP contribution < -0.4 is 15.5 Å². The topological polar surface area (TPSA) is 107 Å². The molecule has 38 heavy (non-hydrogen) atoms. The Morgan fingerprint density at radius 3 is 2.53 bits per heavy atom. The number of aromatic nitrogens is 1. The Morgan fingerprint density at radius 2 is 1.92 bits per heavy atom. The summed E-state index contributed by atoms with van der Waals surface area (Å²) in [6.45, 7) is 9.93. The number of carbonyl (C=O) groups excluding carboxylic acids is 1. The van der Waals surface area contributed by atoms with Crippen LogP contribution in [0.25, 0.3) is 21.3 Å². The molecule has 3 aromatic rings. The second kappa shape index (κ2) is 9.15. The number of carbonyl (C=O) groups is 2. The number of thiophene rings is 1. The lowest BCUT2D eigenvalue weighted by molar-refractivity contribution is 0.0486. The first-order chi connectivity index (χ1) is 17.8. The van der Waals surface area contributed by atoms with Gasteiger partial charge in [-0.3, -0.25) is 4.79 Å². The second-order valence-electron chi connectivity index (χ2n) is 12.1. The Balaban J connectivity index is 1.63. The van der Waals surface area contributed by atoms with Crippen molar-refractivity contribution in [2.75, 3.05) is 7.11 Å². The predicted molar refractivity (Wildman–Crippen MR) is 148 cm³/mol. The molecule has 1 aromatic carbocycles. The number of fused-ring (bicyclic) bond motifs is 2. The zero-order valence-corrected chi connectivity index (χ0v) is 23.5. The Morgan fingerprint density at radius 1 is 1.21 bits per heavy atom. The molecule has 2 heterocycles. The normalized spacial score (nSPS) is 18.6. The van der Waals surface area contributed by atoms with Crippen LogP contribution in [-0.4, -0.2) is 34.4 Å². The van der Waals surface area contributed by atoms with E-state index in [0.717, 1.165) is 41.0 Å². The third kappa shape index (κ3) is 4.91. The Hall–Kier alpha value is -3.33. The molecule has 8 nitrogen and oxygen atoms in total. The first-order valence-corrected chi connectivity index (χ1v) is 13.7. The van der Waals surface area contributed by atoms with Crippen LogP contribution in [0.5, 0.6) is 5.75 Å². The largest absolute Gasteiger partial charge is 0.494 e. The third-order valence-corrected chi connectivity index (χ3v) is 8.39. The van der Waals surface area contributed by atoms with Crippen molar-refractivity contribution in [2.24, 2.45) is 5.41 Å². The van der Waals surface area contributed by atoms with Gasteiger partial charge in [0.25, 0.3) is 0 Å². The van der Waals surface area contributed by atoms with Crippen LogP contribution in [-0.2, 0) is 11.2 Å². The molecule has 0 bridgehead atoms. The molecule has 2 aliphatic carbocycles. The van der Waals surface area contributed by atoms with Crippen molar-refractivity contribution < 1.29 is 24.2 Å². The van der Waals surface area contributed by atoms with Gasteiger partial charge in [0, 0.05) is 27.6 Å². The van der Waals surface area contributed by atoms with Gasteiger partial charge in [-0.2, -0.15) is 0 Å². The number of hydrogen-bond donors (Lipinski definition) is 2. The molecule has 0 spiro atoms. The van der Waals surface area contributed by atoms with Crippen molar-refractivity contribution in [3.63, 3.8) is 0 Å². The zero-order valence-electron chi connectivity index (χ0n) is 22.6. The van der Waals surface area contributed by atoms with Crippen LogP contribution in [0.3, 0.4) is 0 Å². The summed E-state index contributed by atoms with van der Waals surface area (Å²) in [5.41, 5.74) is 1.28. The highest BCUT2D eigenvalue weighted by Crippen LogP contribution is 2.49. The van der Waals surface area contributed by atoms with Gasteiger partial charge >= 0.3 is 12.1 Å². The van der Waals surface area contributed by atoms with Crippen LogP contribution in [0.1, 0.15) is 86.8 Å². The van der Waals surface area contributed by atoms with E-state index in [-0.39, 0.29) is 23.1 Å². The average Bonchev–Trinajstić information content (AvgIpc) is 3.55. The average molecular weight is 539 g/mol. The fourth-order valence-electron chi connectivity index (χ4n) is 5.42. The van der Waals surface area contributed by atoms with Gasteiger partial charge in [0.15, 0.2) is 5.75 Å². The third-order valence-electron chi connectivity index (χ3n) is 7.06. The maximum Gasteiger partial charge on any atom is 0.408 e. The Labute approximate surface area is 225 Å².